The van der Waals surface area contributed by atoms with Crippen molar-refractivity contribution in [2.45, 2.75) is 31.9 Å². The van der Waals surface area contributed by atoms with Gasteiger partial charge in [0.2, 0.25) is 17.6 Å². The zero-order chi connectivity index (χ0) is 19.4. The Bertz CT molecular complexity index is 774. The molecule has 1 aromatic heterocycles. The van der Waals surface area contributed by atoms with Crippen LogP contribution in [0.15, 0.2) is 28.8 Å². The summed E-state index contributed by atoms with van der Waals surface area (Å²) in [6.45, 7) is 0.0790. The lowest BCUT2D eigenvalue weighted by Gasteiger charge is -2.33. The van der Waals surface area contributed by atoms with Crippen LogP contribution >= 0.6 is 0 Å². The second-order valence-corrected chi connectivity index (χ2v) is 6.46. The number of alkyl halides is 3. The topological polar surface area (TPSA) is 68.5 Å². The van der Waals surface area contributed by atoms with Gasteiger partial charge in [0.05, 0.1) is 13.0 Å². The largest absolute Gasteiger partial charge is 0.497 e. The number of aromatic nitrogens is 2. The highest BCUT2D eigenvalue weighted by molar-refractivity contribution is 5.76. The molecule has 0 N–H and O–H groups in total. The predicted molar refractivity (Wildman–Crippen MR) is 90.0 cm³/mol. The molecule has 2 aromatic rings. The first-order chi connectivity index (χ1) is 12.9. The second-order valence-electron chi connectivity index (χ2n) is 6.46. The van der Waals surface area contributed by atoms with Gasteiger partial charge in [-0.2, -0.15) is 18.2 Å². The summed E-state index contributed by atoms with van der Waals surface area (Å²) in [6.07, 6.45) is -3.61. The van der Waals surface area contributed by atoms with E-state index >= 15 is 0 Å². The van der Waals surface area contributed by atoms with Crippen molar-refractivity contribution in [1.82, 2.24) is 15.0 Å². The maximum atomic E-state index is 12.9. The fraction of sp³-hybridized carbons (Fsp3) is 0.500. The van der Waals surface area contributed by atoms with Crippen LogP contribution in [0.5, 0.6) is 5.75 Å². The maximum absolute atomic E-state index is 12.9. The van der Waals surface area contributed by atoms with Crippen LogP contribution in [-0.4, -0.2) is 47.3 Å². The molecule has 3 rings (SSSR count). The predicted octanol–water partition coefficient (Wildman–Crippen LogP) is 3.48. The Hall–Kier alpha value is -2.58. The number of amides is 1. The molecule has 1 aromatic carbocycles. The first-order valence-corrected chi connectivity index (χ1v) is 8.68. The lowest BCUT2D eigenvalue weighted by molar-refractivity contribution is -0.188. The SMILES string of the molecule is COc1ccc(-c2noc(CCC(=O)N3CCC[C@H](C(F)(F)F)C3)n2)cc1. The summed E-state index contributed by atoms with van der Waals surface area (Å²) < 4.78 is 48.8. The highest BCUT2D eigenvalue weighted by atomic mass is 19.4. The van der Waals surface area contributed by atoms with Gasteiger partial charge in [0.15, 0.2) is 0 Å². The fourth-order valence-corrected chi connectivity index (χ4v) is 3.06. The van der Waals surface area contributed by atoms with Gasteiger partial charge in [-0.05, 0) is 37.1 Å². The van der Waals surface area contributed by atoms with Crippen LogP contribution in [0.1, 0.15) is 25.2 Å². The van der Waals surface area contributed by atoms with Crippen molar-refractivity contribution in [2.24, 2.45) is 5.92 Å². The van der Waals surface area contributed by atoms with Crippen molar-refractivity contribution in [3.8, 4) is 17.1 Å². The molecule has 1 saturated heterocycles. The summed E-state index contributed by atoms with van der Waals surface area (Å²) >= 11 is 0. The Balaban J connectivity index is 1.55. The molecule has 1 aliphatic rings. The molecular formula is C18H20F3N3O3. The number of carbonyl (C=O) groups excluding carboxylic acids is 1. The van der Waals surface area contributed by atoms with E-state index in [0.29, 0.717) is 24.5 Å². The number of nitrogens with zero attached hydrogens (tertiary/aromatic N) is 3. The standard InChI is InChI=1S/C18H20F3N3O3/c1-26-14-6-4-12(5-7-14)17-22-15(27-23-17)8-9-16(25)24-10-2-3-13(11-24)18(19,20)21/h4-7,13H,2-3,8-11H2,1H3/t13-/m0/s1. The van der Waals surface area contributed by atoms with Gasteiger partial charge < -0.3 is 14.2 Å². The minimum Gasteiger partial charge on any atom is -0.497 e. The summed E-state index contributed by atoms with van der Waals surface area (Å²) in [4.78, 5) is 17.8. The van der Waals surface area contributed by atoms with E-state index in [1.54, 1.807) is 31.4 Å². The smallest absolute Gasteiger partial charge is 0.393 e. The molecule has 0 saturated carbocycles. The van der Waals surface area contributed by atoms with E-state index in [-0.39, 0.29) is 37.6 Å². The number of rotatable bonds is 5. The molecule has 0 aliphatic carbocycles. The Morgan fingerprint density at radius 2 is 2.07 bits per heavy atom. The van der Waals surface area contributed by atoms with E-state index in [4.69, 9.17) is 9.26 Å². The molecule has 2 heterocycles. The highest BCUT2D eigenvalue weighted by Gasteiger charge is 2.42. The van der Waals surface area contributed by atoms with E-state index in [2.05, 4.69) is 10.1 Å². The molecule has 1 fully saturated rings. The molecule has 146 valence electrons. The van der Waals surface area contributed by atoms with E-state index in [0.717, 1.165) is 5.56 Å². The van der Waals surface area contributed by atoms with Gasteiger partial charge in [-0.25, -0.2) is 0 Å². The zero-order valence-corrected chi connectivity index (χ0v) is 14.8. The summed E-state index contributed by atoms with van der Waals surface area (Å²) in [7, 11) is 1.57. The molecule has 0 radical (unpaired) electrons. The van der Waals surface area contributed by atoms with Gasteiger partial charge in [0.25, 0.3) is 0 Å². The molecule has 6 nitrogen and oxygen atoms in total. The number of likely N-dealkylation sites (tertiary alicyclic amines) is 1. The van der Waals surface area contributed by atoms with Crippen LogP contribution in [0.25, 0.3) is 11.4 Å². The molecule has 1 amide bonds. The van der Waals surface area contributed by atoms with Crippen LogP contribution in [-0.2, 0) is 11.2 Å². The molecule has 0 spiro atoms. The van der Waals surface area contributed by atoms with Crippen LogP contribution in [0, 0.1) is 5.92 Å². The van der Waals surface area contributed by atoms with Crippen molar-refractivity contribution in [3.63, 3.8) is 0 Å². The molecule has 0 unspecified atom stereocenters. The second kappa shape index (κ2) is 7.98. The van der Waals surface area contributed by atoms with Crippen LogP contribution < -0.4 is 4.74 Å². The van der Waals surface area contributed by atoms with Crippen LogP contribution in [0.2, 0.25) is 0 Å². The summed E-state index contributed by atoms with van der Waals surface area (Å²) in [6, 6.07) is 7.10. The van der Waals surface area contributed by atoms with Crippen molar-refractivity contribution in [1.29, 1.82) is 0 Å². The fourth-order valence-electron chi connectivity index (χ4n) is 3.06. The number of hydrogen-bond acceptors (Lipinski definition) is 5. The number of piperidine rings is 1. The minimum atomic E-state index is -4.27. The molecule has 0 bridgehead atoms. The first kappa shape index (κ1) is 19.2. The van der Waals surface area contributed by atoms with Crippen molar-refractivity contribution >= 4 is 5.91 Å². The highest BCUT2D eigenvalue weighted by Crippen LogP contribution is 2.33. The van der Waals surface area contributed by atoms with E-state index < -0.39 is 12.1 Å². The van der Waals surface area contributed by atoms with Crippen molar-refractivity contribution in [2.75, 3.05) is 20.2 Å². The third kappa shape index (κ3) is 4.78. The van der Waals surface area contributed by atoms with Crippen molar-refractivity contribution in [3.05, 3.63) is 30.2 Å². The maximum Gasteiger partial charge on any atom is 0.393 e. The lowest BCUT2D eigenvalue weighted by Crippen LogP contribution is -2.44. The molecule has 9 heteroatoms. The number of carbonyl (C=O) groups is 1. The number of benzene rings is 1. The Labute approximate surface area is 154 Å². The van der Waals surface area contributed by atoms with E-state index in [9.17, 15) is 18.0 Å². The summed E-state index contributed by atoms with van der Waals surface area (Å²) in [5.74, 6) is -0.408. The average molecular weight is 383 g/mol. The molecule has 1 atom stereocenters. The zero-order valence-electron chi connectivity index (χ0n) is 14.8. The van der Waals surface area contributed by atoms with Gasteiger partial charge in [-0.1, -0.05) is 5.16 Å². The number of hydrogen-bond donors (Lipinski definition) is 0. The van der Waals surface area contributed by atoms with Crippen molar-refractivity contribution < 1.29 is 27.2 Å². The minimum absolute atomic E-state index is 0.0365. The first-order valence-electron chi connectivity index (χ1n) is 8.68. The summed E-state index contributed by atoms with van der Waals surface area (Å²) in [5.41, 5.74) is 0.737. The van der Waals surface area contributed by atoms with Gasteiger partial charge >= 0.3 is 6.18 Å². The third-order valence-electron chi connectivity index (χ3n) is 4.61. The van der Waals surface area contributed by atoms with Gasteiger partial charge in [0.1, 0.15) is 5.75 Å². The third-order valence-corrected chi connectivity index (χ3v) is 4.61. The normalized spacial score (nSPS) is 17.8. The van der Waals surface area contributed by atoms with E-state index in [1.807, 2.05) is 0 Å². The van der Waals surface area contributed by atoms with Gasteiger partial charge in [-0.3, -0.25) is 4.79 Å². The number of methoxy groups -OCH3 is 1. The number of halogens is 3. The van der Waals surface area contributed by atoms with Crippen LogP contribution in [0.3, 0.4) is 0 Å². The monoisotopic (exact) mass is 383 g/mol. The molecular weight excluding hydrogens is 363 g/mol. The number of aryl methyl sites for hydroxylation is 1. The lowest BCUT2D eigenvalue weighted by atomic mass is 9.97. The van der Waals surface area contributed by atoms with E-state index in [1.165, 1.54) is 4.90 Å². The number of ether oxygens (including phenoxy) is 1. The van der Waals surface area contributed by atoms with Gasteiger partial charge in [-0.15, -0.1) is 0 Å². The molecule has 27 heavy (non-hydrogen) atoms. The summed E-state index contributed by atoms with van der Waals surface area (Å²) in [5, 5.41) is 3.88. The average Bonchev–Trinajstić information content (AvgIpc) is 3.14. The molecule has 1 aliphatic heterocycles. The Morgan fingerprint density at radius 1 is 1.33 bits per heavy atom. The Kier molecular flexibility index (Phi) is 5.67. The van der Waals surface area contributed by atoms with Gasteiger partial charge in [0, 0.05) is 31.5 Å². The quantitative estimate of drug-likeness (QED) is 0.791. The Morgan fingerprint density at radius 3 is 2.74 bits per heavy atom. The van der Waals surface area contributed by atoms with Crippen LogP contribution in [0.4, 0.5) is 13.2 Å².